The summed E-state index contributed by atoms with van der Waals surface area (Å²) < 4.78 is 5.33. The second-order valence-corrected chi connectivity index (χ2v) is 6.41. The number of fused-ring (bicyclic) bond motifs is 1. The maximum atomic E-state index is 9.65. The Morgan fingerprint density at radius 1 is 1.35 bits per heavy atom. The highest BCUT2D eigenvalue weighted by Gasteiger charge is 2.41. The lowest BCUT2D eigenvalue weighted by Crippen LogP contribution is -2.55. The number of anilines is 1. The average Bonchev–Trinajstić information content (AvgIpc) is 2.52. The second kappa shape index (κ2) is 5.35. The smallest absolute Gasteiger partial charge is 0.0579 e. The maximum Gasteiger partial charge on any atom is 0.0579 e. The van der Waals surface area contributed by atoms with Gasteiger partial charge in [0.2, 0.25) is 0 Å². The second-order valence-electron chi connectivity index (χ2n) is 6.41. The van der Waals surface area contributed by atoms with E-state index in [0.29, 0.717) is 19.3 Å². The Balaban J connectivity index is 1.82. The van der Waals surface area contributed by atoms with Crippen LogP contribution in [0.5, 0.6) is 0 Å². The molecule has 2 aliphatic heterocycles. The number of hydrogen-bond donors (Lipinski definition) is 1. The highest BCUT2D eigenvalue weighted by molar-refractivity contribution is 5.53. The minimum absolute atomic E-state index is 0.0495. The molecule has 1 unspecified atom stereocenters. The Morgan fingerprint density at radius 2 is 2.10 bits per heavy atom. The zero-order chi connectivity index (χ0) is 14.2. The number of aliphatic hydroxyl groups excluding tert-OH is 1. The largest absolute Gasteiger partial charge is 0.396 e. The zero-order valence-corrected chi connectivity index (χ0v) is 12.4. The summed E-state index contributed by atoms with van der Waals surface area (Å²) in [5.74, 6) is 0. The molecule has 0 saturated carbocycles. The molecule has 1 N–H and O–H groups in total. The van der Waals surface area contributed by atoms with Gasteiger partial charge in [-0.1, -0.05) is 18.2 Å². The fourth-order valence-electron chi connectivity index (χ4n) is 3.27. The molecule has 4 nitrogen and oxygen atoms in total. The van der Waals surface area contributed by atoms with Gasteiger partial charge in [-0.05, 0) is 18.6 Å². The predicted molar refractivity (Wildman–Crippen MR) is 79.9 cm³/mol. The monoisotopic (exact) mass is 276 g/mol. The summed E-state index contributed by atoms with van der Waals surface area (Å²) in [5, 5.41) is 9.65. The topological polar surface area (TPSA) is 35.9 Å². The Morgan fingerprint density at radius 3 is 2.75 bits per heavy atom. The Bertz CT molecular complexity index is 468. The summed E-state index contributed by atoms with van der Waals surface area (Å²) in [6.07, 6.45) is 0. The molecule has 2 heterocycles. The number of ether oxygens (including phenoxy) is 1. The van der Waals surface area contributed by atoms with E-state index in [9.17, 15) is 5.11 Å². The van der Waals surface area contributed by atoms with Crippen molar-refractivity contribution in [1.82, 2.24) is 4.90 Å². The lowest BCUT2D eigenvalue weighted by atomic mass is 9.86. The summed E-state index contributed by atoms with van der Waals surface area (Å²) in [6.45, 7) is 6.73. The minimum atomic E-state index is -0.0495. The number of hydrogen-bond acceptors (Lipinski definition) is 4. The molecular weight excluding hydrogens is 252 g/mol. The number of para-hydroxylation sites is 1. The highest BCUT2D eigenvalue weighted by Crippen LogP contribution is 2.32. The molecule has 1 fully saturated rings. The van der Waals surface area contributed by atoms with E-state index in [1.54, 1.807) is 0 Å². The number of nitrogens with zero attached hydrogens (tertiary/aromatic N) is 2. The Labute approximate surface area is 120 Å². The quantitative estimate of drug-likeness (QED) is 0.904. The van der Waals surface area contributed by atoms with Crippen LogP contribution in [0.4, 0.5) is 5.69 Å². The van der Waals surface area contributed by atoms with Crippen molar-refractivity contribution in [2.75, 3.05) is 44.9 Å². The number of aliphatic hydroxyl groups is 1. The summed E-state index contributed by atoms with van der Waals surface area (Å²) >= 11 is 0. The fourth-order valence-corrected chi connectivity index (χ4v) is 3.27. The molecule has 2 aliphatic rings. The van der Waals surface area contributed by atoms with Crippen LogP contribution in [0.3, 0.4) is 0 Å². The minimum Gasteiger partial charge on any atom is -0.396 e. The average molecular weight is 276 g/mol. The van der Waals surface area contributed by atoms with Crippen LogP contribution >= 0.6 is 0 Å². The van der Waals surface area contributed by atoms with Gasteiger partial charge in [0.25, 0.3) is 0 Å². The molecule has 0 amide bonds. The van der Waals surface area contributed by atoms with Crippen LogP contribution in [-0.2, 0) is 11.3 Å². The molecule has 0 aromatic heterocycles. The first-order valence-corrected chi connectivity index (χ1v) is 7.35. The van der Waals surface area contributed by atoms with Gasteiger partial charge in [-0.15, -0.1) is 0 Å². The Kier molecular flexibility index (Phi) is 3.71. The molecule has 1 aromatic rings. The van der Waals surface area contributed by atoms with Crippen LogP contribution in [0, 0.1) is 5.41 Å². The van der Waals surface area contributed by atoms with Gasteiger partial charge < -0.3 is 14.7 Å². The molecule has 20 heavy (non-hydrogen) atoms. The van der Waals surface area contributed by atoms with Gasteiger partial charge in [0.05, 0.1) is 25.2 Å². The summed E-state index contributed by atoms with van der Waals surface area (Å²) in [6, 6.07) is 9.08. The highest BCUT2D eigenvalue weighted by atomic mass is 16.5. The van der Waals surface area contributed by atoms with Crippen molar-refractivity contribution < 1.29 is 9.84 Å². The van der Waals surface area contributed by atoms with Crippen LogP contribution in [0.15, 0.2) is 24.3 Å². The lowest BCUT2D eigenvalue weighted by Gasteiger charge is -2.44. The normalized spacial score (nSPS) is 25.8. The first-order chi connectivity index (χ1) is 9.63. The summed E-state index contributed by atoms with van der Waals surface area (Å²) in [4.78, 5) is 4.82. The fraction of sp³-hybridized carbons (Fsp3) is 0.625. The van der Waals surface area contributed by atoms with E-state index in [0.717, 1.165) is 19.6 Å². The van der Waals surface area contributed by atoms with Crippen LogP contribution in [0.2, 0.25) is 0 Å². The summed E-state index contributed by atoms with van der Waals surface area (Å²) in [5.41, 5.74) is 2.64. The Hall–Kier alpha value is -1.10. The third kappa shape index (κ3) is 2.43. The third-order valence-corrected chi connectivity index (χ3v) is 4.63. The van der Waals surface area contributed by atoms with Gasteiger partial charge in [-0.25, -0.2) is 0 Å². The molecule has 110 valence electrons. The molecule has 0 bridgehead atoms. The van der Waals surface area contributed by atoms with Crippen molar-refractivity contribution in [3.05, 3.63) is 29.8 Å². The van der Waals surface area contributed by atoms with E-state index in [1.807, 2.05) is 0 Å². The maximum absolute atomic E-state index is 9.65. The van der Waals surface area contributed by atoms with E-state index in [4.69, 9.17) is 4.74 Å². The number of likely N-dealkylation sites (N-methyl/N-ethyl adjacent to an activating group) is 1. The molecule has 0 spiro atoms. The molecule has 0 aliphatic carbocycles. The van der Waals surface area contributed by atoms with Crippen molar-refractivity contribution >= 4 is 5.69 Å². The lowest BCUT2D eigenvalue weighted by molar-refractivity contribution is -0.151. The molecule has 1 saturated heterocycles. The van der Waals surface area contributed by atoms with E-state index in [-0.39, 0.29) is 12.0 Å². The number of benzene rings is 1. The number of rotatable bonds is 3. The first kappa shape index (κ1) is 13.9. The zero-order valence-electron chi connectivity index (χ0n) is 12.4. The molecule has 0 radical (unpaired) electrons. The molecule has 3 rings (SSSR count). The molecular formula is C16H24N2O2. The van der Waals surface area contributed by atoms with E-state index < -0.39 is 0 Å². The summed E-state index contributed by atoms with van der Waals surface area (Å²) in [7, 11) is 2.16. The van der Waals surface area contributed by atoms with Gasteiger partial charge >= 0.3 is 0 Å². The van der Waals surface area contributed by atoms with Crippen LogP contribution in [-0.4, -0.2) is 56.0 Å². The van der Waals surface area contributed by atoms with Gasteiger partial charge in [0.15, 0.2) is 0 Å². The first-order valence-electron chi connectivity index (χ1n) is 7.35. The van der Waals surface area contributed by atoms with E-state index in [1.165, 1.54) is 11.3 Å². The van der Waals surface area contributed by atoms with Gasteiger partial charge in [-0.2, -0.15) is 0 Å². The third-order valence-electron chi connectivity index (χ3n) is 4.63. The van der Waals surface area contributed by atoms with Crippen molar-refractivity contribution in [3.63, 3.8) is 0 Å². The van der Waals surface area contributed by atoms with Gasteiger partial charge in [0.1, 0.15) is 0 Å². The van der Waals surface area contributed by atoms with E-state index >= 15 is 0 Å². The van der Waals surface area contributed by atoms with Crippen molar-refractivity contribution in [2.24, 2.45) is 5.41 Å². The van der Waals surface area contributed by atoms with Crippen molar-refractivity contribution in [2.45, 2.75) is 19.5 Å². The van der Waals surface area contributed by atoms with Crippen molar-refractivity contribution in [1.29, 1.82) is 0 Å². The molecule has 1 aromatic carbocycles. The standard InChI is InChI=1S/C16H24N2O2/c1-13-7-17(2)15-6-4-3-5-14(15)8-18(13)9-16(10-19)11-20-12-16/h3-6,13,19H,7-12H2,1-2H3. The van der Waals surface area contributed by atoms with E-state index in [2.05, 4.69) is 48.0 Å². The predicted octanol–water partition coefficient (Wildman–Crippen LogP) is 1.34. The van der Waals surface area contributed by atoms with Crippen LogP contribution in [0.25, 0.3) is 0 Å². The van der Waals surface area contributed by atoms with Gasteiger partial charge in [-0.3, -0.25) is 4.90 Å². The van der Waals surface area contributed by atoms with Crippen LogP contribution < -0.4 is 4.90 Å². The molecule has 4 heteroatoms. The van der Waals surface area contributed by atoms with Gasteiger partial charge in [0, 0.05) is 38.4 Å². The van der Waals surface area contributed by atoms with Crippen LogP contribution in [0.1, 0.15) is 12.5 Å². The SMILES string of the molecule is CC1CN(C)c2ccccc2CN1CC1(CO)COC1. The van der Waals surface area contributed by atoms with Crippen molar-refractivity contribution in [3.8, 4) is 0 Å². The molecule has 1 atom stereocenters.